The first-order chi connectivity index (χ1) is 6.27. The molecule has 0 saturated carbocycles. The molecular formula is C7H9N5S. The summed E-state index contributed by atoms with van der Waals surface area (Å²) in [7, 11) is 0. The van der Waals surface area contributed by atoms with E-state index in [9.17, 15) is 0 Å². The van der Waals surface area contributed by atoms with Gasteiger partial charge in [0.1, 0.15) is 5.01 Å². The highest BCUT2D eigenvalue weighted by atomic mass is 32.1. The lowest BCUT2D eigenvalue weighted by Crippen LogP contribution is -2.03. The van der Waals surface area contributed by atoms with Crippen molar-refractivity contribution in [3.63, 3.8) is 0 Å². The van der Waals surface area contributed by atoms with E-state index in [4.69, 9.17) is 5.73 Å². The summed E-state index contributed by atoms with van der Waals surface area (Å²) < 4.78 is 0. The van der Waals surface area contributed by atoms with Crippen LogP contribution >= 0.6 is 11.3 Å². The van der Waals surface area contributed by atoms with Gasteiger partial charge in [0.2, 0.25) is 0 Å². The Kier molecular flexibility index (Phi) is 2.07. The number of nitrogens with two attached hydrogens (primary N) is 1. The summed E-state index contributed by atoms with van der Waals surface area (Å²) in [6, 6.07) is 1.79. The lowest BCUT2D eigenvalue weighted by Gasteiger charge is -1.93. The Morgan fingerprint density at radius 3 is 2.92 bits per heavy atom. The standard InChI is InChI=1S/C7H9N5S/c1-4(8)6-11-12-7(13-6)5-2-3-9-10-5/h2-4H,8H2,1H3,(H,9,10). The highest BCUT2D eigenvalue weighted by Gasteiger charge is 2.09. The second-order valence-corrected chi connectivity index (χ2v) is 3.71. The quantitative estimate of drug-likeness (QED) is 0.747. The highest BCUT2D eigenvalue weighted by molar-refractivity contribution is 7.14. The van der Waals surface area contributed by atoms with Gasteiger partial charge in [-0.3, -0.25) is 5.10 Å². The molecule has 0 aromatic carbocycles. The molecule has 5 nitrogen and oxygen atoms in total. The van der Waals surface area contributed by atoms with E-state index in [-0.39, 0.29) is 6.04 Å². The van der Waals surface area contributed by atoms with Gasteiger partial charge < -0.3 is 5.73 Å². The van der Waals surface area contributed by atoms with Gasteiger partial charge in [-0.2, -0.15) is 5.10 Å². The summed E-state index contributed by atoms with van der Waals surface area (Å²) in [6.45, 7) is 1.89. The predicted octanol–water partition coefficient (Wildman–Crippen LogP) is 0.948. The number of H-pyrrole nitrogens is 1. The Balaban J connectivity index is 2.33. The molecule has 0 saturated heterocycles. The van der Waals surface area contributed by atoms with E-state index in [2.05, 4.69) is 20.4 Å². The van der Waals surface area contributed by atoms with Gasteiger partial charge in [0.15, 0.2) is 5.01 Å². The number of nitrogens with zero attached hydrogens (tertiary/aromatic N) is 3. The maximum absolute atomic E-state index is 5.66. The van der Waals surface area contributed by atoms with E-state index in [1.54, 1.807) is 6.20 Å². The molecule has 6 heteroatoms. The fourth-order valence-electron chi connectivity index (χ4n) is 0.902. The monoisotopic (exact) mass is 195 g/mol. The van der Waals surface area contributed by atoms with E-state index in [0.717, 1.165) is 15.7 Å². The molecule has 2 aromatic heterocycles. The van der Waals surface area contributed by atoms with Gasteiger partial charge in [-0.1, -0.05) is 11.3 Å². The van der Waals surface area contributed by atoms with Gasteiger partial charge in [0, 0.05) is 6.20 Å². The molecule has 0 amide bonds. The van der Waals surface area contributed by atoms with Gasteiger partial charge in [-0.15, -0.1) is 10.2 Å². The molecule has 0 fully saturated rings. The van der Waals surface area contributed by atoms with Crippen molar-refractivity contribution >= 4 is 11.3 Å². The van der Waals surface area contributed by atoms with Crippen molar-refractivity contribution in [2.45, 2.75) is 13.0 Å². The van der Waals surface area contributed by atoms with Gasteiger partial charge >= 0.3 is 0 Å². The Bertz CT molecular complexity index is 377. The van der Waals surface area contributed by atoms with Crippen LogP contribution in [-0.2, 0) is 0 Å². The number of hydrogen-bond acceptors (Lipinski definition) is 5. The largest absolute Gasteiger partial charge is 0.322 e. The van der Waals surface area contributed by atoms with Crippen LogP contribution in [0.3, 0.4) is 0 Å². The summed E-state index contributed by atoms with van der Waals surface area (Å²) in [5.74, 6) is 0. The number of nitrogens with one attached hydrogen (secondary N) is 1. The van der Waals surface area contributed by atoms with Crippen molar-refractivity contribution in [2.24, 2.45) is 5.73 Å². The molecular weight excluding hydrogens is 186 g/mol. The Morgan fingerprint density at radius 1 is 1.54 bits per heavy atom. The van der Waals surface area contributed by atoms with Crippen molar-refractivity contribution in [3.8, 4) is 10.7 Å². The maximum atomic E-state index is 5.66. The molecule has 68 valence electrons. The number of aromatic nitrogens is 4. The summed E-state index contributed by atoms with van der Waals surface area (Å²) in [5.41, 5.74) is 6.54. The Labute approximate surface area is 79.0 Å². The average molecular weight is 195 g/mol. The van der Waals surface area contributed by atoms with Crippen LogP contribution in [0.1, 0.15) is 18.0 Å². The summed E-state index contributed by atoms with van der Waals surface area (Å²) >= 11 is 1.48. The Hall–Kier alpha value is -1.27. The summed E-state index contributed by atoms with van der Waals surface area (Å²) in [5, 5.41) is 16.3. The molecule has 0 aliphatic heterocycles. The van der Waals surface area contributed by atoms with Crippen LogP contribution in [-0.4, -0.2) is 20.4 Å². The van der Waals surface area contributed by atoms with Gasteiger partial charge in [0.05, 0.1) is 11.7 Å². The highest BCUT2D eigenvalue weighted by Crippen LogP contribution is 2.23. The number of aromatic amines is 1. The van der Waals surface area contributed by atoms with Crippen LogP contribution in [0.25, 0.3) is 10.7 Å². The second-order valence-electron chi connectivity index (χ2n) is 2.70. The molecule has 0 aliphatic carbocycles. The average Bonchev–Trinajstić information content (AvgIpc) is 2.75. The fraction of sp³-hybridized carbons (Fsp3) is 0.286. The molecule has 0 aliphatic rings. The molecule has 3 N–H and O–H groups in total. The minimum atomic E-state index is -0.0610. The normalized spacial score (nSPS) is 13.1. The van der Waals surface area contributed by atoms with Crippen LogP contribution in [0.2, 0.25) is 0 Å². The van der Waals surface area contributed by atoms with Crippen LogP contribution in [0.15, 0.2) is 12.3 Å². The van der Waals surface area contributed by atoms with E-state index in [1.165, 1.54) is 11.3 Å². The van der Waals surface area contributed by atoms with Crippen LogP contribution in [0, 0.1) is 0 Å². The van der Waals surface area contributed by atoms with Crippen LogP contribution in [0.4, 0.5) is 0 Å². The fourth-order valence-corrected chi connectivity index (χ4v) is 1.67. The second kappa shape index (κ2) is 3.23. The number of hydrogen-bond donors (Lipinski definition) is 2. The van der Waals surface area contributed by atoms with Crippen LogP contribution < -0.4 is 5.73 Å². The minimum Gasteiger partial charge on any atom is -0.322 e. The SMILES string of the molecule is CC(N)c1nnc(-c2ccn[nH]2)s1. The van der Waals surface area contributed by atoms with Crippen molar-refractivity contribution in [1.82, 2.24) is 20.4 Å². The van der Waals surface area contributed by atoms with Crippen molar-refractivity contribution in [1.29, 1.82) is 0 Å². The lowest BCUT2D eigenvalue weighted by atomic mass is 10.4. The van der Waals surface area contributed by atoms with Crippen molar-refractivity contribution in [3.05, 3.63) is 17.3 Å². The third kappa shape index (κ3) is 1.58. The molecule has 0 bridgehead atoms. The van der Waals surface area contributed by atoms with Gasteiger partial charge in [-0.05, 0) is 13.0 Å². The van der Waals surface area contributed by atoms with Gasteiger partial charge in [-0.25, -0.2) is 0 Å². The lowest BCUT2D eigenvalue weighted by molar-refractivity contribution is 0.786. The van der Waals surface area contributed by atoms with E-state index < -0.39 is 0 Å². The predicted molar refractivity (Wildman–Crippen MR) is 50.1 cm³/mol. The smallest absolute Gasteiger partial charge is 0.165 e. The van der Waals surface area contributed by atoms with Crippen LogP contribution in [0.5, 0.6) is 0 Å². The summed E-state index contributed by atoms with van der Waals surface area (Å²) in [4.78, 5) is 0. The molecule has 2 aromatic rings. The Morgan fingerprint density at radius 2 is 2.38 bits per heavy atom. The van der Waals surface area contributed by atoms with Crippen molar-refractivity contribution in [2.75, 3.05) is 0 Å². The third-order valence-electron chi connectivity index (χ3n) is 1.56. The zero-order valence-corrected chi connectivity index (χ0v) is 7.88. The summed E-state index contributed by atoms with van der Waals surface area (Å²) in [6.07, 6.45) is 1.68. The van der Waals surface area contributed by atoms with E-state index in [1.807, 2.05) is 13.0 Å². The molecule has 0 radical (unpaired) electrons. The van der Waals surface area contributed by atoms with E-state index in [0.29, 0.717) is 0 Å². The molecule has 2 rings (SSSR count). The molecule has 0 spiro atoms. The molecule has 13 heavy (non-hydrogen) atoms. The minimum absolute atomic E-state index is 0.0610. The van der Waals surface area contributed by atoms with Crippen molar-refractivity contribution < 1.29 is 0 Å². The first kappa shape index (κ1) is 8.33. The third-order valence-corrected chi connectivity index (χ3v) is 2.72. The maximum Gasteiger partial charge on any atom is 0.165 e. The molecule has 2 heterocycles. The van der Waals surface area contributed by atoms with E-state index >= 15 is 0 Å². The molecule has 1 unspecified atom stereocenters. The topological polar surface area (TPSA) is 80.5 Å². The molecule has 1 atom stereocenters. The number of rotatable bonds is 2. The first-order valence-corrected chi connectivity index (χ1v) is 4.68. The van der Waals surface area contributed by atoms with Gasteiger partial charge in [0.25, 0.3) is 0 Å². The first-order valence-electron chi connectivity index (χ1n) is 3.86. The zero-order chi connectivity index (χ0) is 9.26. The zero-order valence-electron chi connectivity index (χ0n) is 7.06.